The number of fused-ring (bicyclic) bond motifs is 5. The maximum absolute atomic E-state index is 12.5. The van der Waals surface area contributed by atoms with Gasteiger partial charge in [-0.05, 0) is 80.5 Å². The van der Waals surface area contributed by atoms with Gasteiger partial charge in [-0.1, -0.05) is 13.8 Å². The molecular weight excluding hydrogens is 288 g/mol. The third-order valence-corrected chi connectivity index (χ3v) is 10.5. The molecular formula is C20H30OS. The van der Waals surface area contributed by atoms with E-state index in [1.807, 2.05) is 0 Å². The fraction of sp³-hybridized carbons (Fsp3) is 0.950. The minimum atomic E-state index is 0.0621. The largest absolute Gasteiger partial charge is 0.299 e. The molecule has 5 fully saturated rings. The molecule has 0 unspecified atom stereocenters. The lowest BCUT2D eigenvalue weighted by molar-refractivity contribution is -0.139. The molecule has 1 heterocycles. The van der Waals surface area contributed by atoms with Gasteiger partial charge in [0.2, 0.25) is 0 Å². The van der Waals surface area contributed by atoms with Gasteiger partial charge in [-0.3, -0.25) is 4.79 Å². The molecule has 1 aliphatic heterocycles. The molecule has 4 saturated carbocycles. The summed E-state index contributed by atoms with van der Waals surface area (Å²) >= 11 is 2.25. The van der Waals surface area contributed by atoms with E-state index >= 15 is 0 Å². The summed E-state index contributed by atoms with van der Waals surface area (Å²) < 4.78 is 0.726. The second-order valence-corrected chi connectivity index (χ2v) is 11.2. The highest BCUT2D eigenvalue weighted by Gasteiger charge is 2.62. The maximum atomic E-state index is 12.5. The van der Waals surface area contributed by atoms with E-state index in [1.54, 1.807) is 0 Å². The van der Waals surface area contributed by atoms with E-state index in [-0.39, 0.29) is 5.41 Å². The van der Waals surface area contributed by atoms with Gasteiger partial charge < -0.3 is 0 Å². The Labute approximate surface area is 139 Å². The molecule has 0 bridgehead atoms. The van der Waals surface area contributed by atoms with Gasteiger partial charge in [-0.15, -0.1) is 0 Å². The van der Waals surface area contributed by atoms with Crippen LogP contribution in [0.4, 0.5) is 0 Å². The number of thioether (sulfide) groups is 1. The summed E-state index contributed by atoms with van der Waals surface area (Å²) in [6, 6.07) is 0. The van der Waals surface area contributed by atoms with Crippen molar-refractivity contribution in [2.75, 3.05) is 5.75 Å². The van der Waals surface area contributed by atoms with Crippen LogP contribution in [0.25, 0.3) is 0 Å². The first-order valence-corrected chi connectivity index (χ1v) is 10.6. The fourth-order valence-electron chi connectivity index (χ4n) is 7.44. The Balaban J connectivity index is 1.45. The molecule has 1 nitrogen and oxygen atoms in total. The van der Waals surface area contributed by atoms with E-state index in [1.165, 1.54) is 57.1 Å². The van der Waals surface area contributed by atoms with Gasteiger partial charge in [-0.25, -0.2) is 0 Å². The van der Waals surface area contributed by atoms with Crippen molar-refractivity contribution in [3.05, 3.63) is 0 Å². The number of carbonyl (C=O) groups excluding carboxylic acids is 1. The number of ketones is 1. The fourth-order valence-corrected chi connectivity index (χ4v) is 8.47. The molecule has 5 rings (SSSR count). The summed E-state index contributed by atoms with van der Waals surface area (Å²) in [5.74, 6) is 5.55. The molecule has 0 amide bonds. The summed E-state index contributed by atoms with van der Waals surface area (Å²) in [4.78, 5) is 12.5. The van der Waals surface area contributed by atoms with E-state index in [9.17, 15) is 4.79 Å². The van der Waals surface area contributed by atoms with Crippen LogP contribution in [-0.2, 0) is 4.79 Å². The number of carbonyl (C=O) groups is 1. The molecule has 0 N–H and O–H groups in total. The molecule has 4 aliphatic carbocycles. The molecule has 0 aromatic heterocycles. The lowest BCUT2D eigenvalue weighted by Crippen LogP contribution is -2.54. The summed E-state index contributed by atoms with van der Waals surface area (Å²) in [6.45, 7) is 4.96. The van der Waals surface area contributed by atoms with Gasteiger partial charge in [-0.2, -0.15) is 11.8 Å². The Bertz CT molecular complexity index is 524. The molecule has 1 spiro atoms. The lowest BCUT2D eigenvalue weighted by Gasteiger charge is -2.60. The van der Waals surface area contributed by atoms with Crippen LogP contribution in [0.2, 0.25) is 0 Å². The molecule has 5 aliphatic rings. The number of hydrogen-bond donors (Lipinski definition) is 0. The van der Waals surface area contributed by atoms with E-state index in [4.69, 9.17) is 0 Å². The summed E-state index contributed by atoms with van der Waals surface area (Å²) in [5, 5.41) is 0. The maximum Gasteiger partial charge on any atom is 0.139 e. The zero-order valence-electron chi connectivity index (χ0n) is 14.2. The van der Waals surface area contributed by atoms with Crippen LogP contribution in [0.5, 0.6) is 0 Å². The first kappa shape index (κ1) is 14.4. The van der Waals surface area contributed by atoms with E-state index in [0.717, 1.165) is 34.8 Å². The minimum absolute atomic E-state index is 0.0621. The molecule has 7 atom stereocenters. The Morgan fingerprint density at radius 2 is 1.82 bits per heavy atom. The van der Waals surface area contributed by atoms with Gasteiger partial charge in [0.1, 0.15) is 5.78 Å². The second-order valence-electron chi connectivity index (χ2n) is 9.75. The van der Waals surface area contributed by atoms with Gasteiger partial charge in [0, 0.05) is 22.3 Å². The smallest absolute Gasteiger partial charge is 0.139 e. The van der Waals surface area contributed by atoms with Gasteiger partial charge in [0.15, 0.2) is 0 Å². The number of rotatable bonds is 0. The van der Waals surface area contributed by atoms with Crippen molar-refractivity contribution in [1.82, 2.24) is 0 Å². The average molecular weight is 319 g/mol. The van der Waals surface area contributed by atoms with Crippen LogP contribution in [0.1, 0.15) is 71.6 Å². The molecule has 2 heteroatoms. The van der Waals surface area contributed by atoms with Crippen molar-refractivity contribution in [3.63, 3.8) is 0 Å². The standard InChI is InChI=1S/C20H30OS/c1-18-9-10-20(12-22-20)11-13(18)3-4-14-15-5-6-17(21)19(15,2)8-7-16(14)18/h13-16H,3-12H2,1-2H3/t13-,14-,15-,16-,18+,19+,20+/m1/s1. The highest BCUT2D eigenvalue weighted by molar-refractivity contribution is 8.07. The van der Waals surface area contributed by atoms with E-state index in [0.29, 0.717) is 11.2 Å². The highest BCUT2D eigenvalue weighted by atomic mass is 32.2. The van der Waals surface area contributed by atoms with Crippen LogP contribution in [0, 0.1) is 34.5 Å². The average Bonchev–Trinajstić information content (AvgIpc) is 3.19. The molecule has 0 aromatic carbocycles. The first-order chi connectivity index (χ1) is 10.5. The normalized spacial score (nSPS) is 59.8. The van der Waals surface area contributed by atoms with Crippen LogP contribution in [-0.4, -0.2) is 16.3 Å². The predicted molar refractivity (Wildman–Crippen MR) is 91.9 cm³/mol. The van der Waals surface area contributed by atoms with Crippen LogP contribution < -0.4 is 0 Å². The van der Waals surface area contributed by atoms with E-state index in [2.05, 4.69) is 25.6 Å². The van der Waals surface area contributed by atoms with Crippen molar-refractivity contribution < 1.29 is 4.79 Å². The summed E-state index contributed by atoms with van der Waals surface area (Å²) in [6.07, 6.45) is 12.0. The van der Waals surface area contributed by atoms with Crippen LogP contribution in [0.3, 0.4) is 0 Å². The third-order valence-electron chi connectivity index (χ3n) is 9.06. The van der Waals surface area contributed by atoms with Crippen molar-refractivity contribution in [2.45, 2.75) is 76.4 Å². The molecule has 0 aromatic rings. The molecule has 122 valence electrons. The van der Waals surface area contributed by atoms with Gasteiger partial charge in [0.25, 0.3) is 0 Å². The summed E-state index contributed by atoms with van der Waals surface area (Å²) in [7, 11) is 0. The highest BCUT2D eigenvalue weighted by Crippen LogP contribution is 2.69. The molecule has 22 heavy (non-hydrogen) atoms. The second kappa shape index (κ2) is 4.35. The number of Topliss-reactive ketones (excluding diaryl/α,β-unsaturated/α-hetero) is 1. The van der Waals surface area contributed by atoms with Crippen molar-refractivity contribution in [1.29, 1.82) is 0 Å². The van der Waals surface area contributed by atoms with Crippen LogP contribution in [0.15, 0.2) is 0 Å². The molecule has 0 radical (unpaired) electrons. The predicted octanol–water partition coefficient (Wildman–Crippen LogP) is 5.08. The van der Waals surface area contributed by atoms with Gasteiger partial charge >= 0.3 is 0 Å². The zero-order chi connectivity index (χ0) is 15.2. The van der Waals surface area contributed by atoms with Crippen molar-refractivity contribution in [2.24, 2.45) is 34.5 Å². The molecule has 1 saturated heterocycles. The topological polar surface area (TPSA) is 17.1 Å². The monoisotopic (exact) mass is 318 g/mol. The first-order valence-electron chi connectivity index (χ1n) is 9.64. The quantitative estimate of drug-likeness (QED) is 0.579. The summed E-state index contributed by atoms with van der Waals surface area (Å²) in [5.41, 5.74) is 0.664. The zero-order valence-corrected chi connectivity index (χ0v) is 15.0. The minimum Gasteiger partial charge on any atom is -0.299 e. The Kier molecular flexibility index (Phi) is 2.84. The lowest BCUT2D eigenvalue weighted by atomic mass is 9.45. The Morgan fingerprint density at radius 3 is 2.59 bits per heavy atom. The number of hydrogen-bond acceptors (Lipinski definition) is 2. The SMILES string of the molecule is C[C@]12CC[C@@]3(CS3)C[C@H]1CC[C@H]1[C@H]2CC[C@]2(C)C(=O)CC[C@H]12. The van der Waals surface area contributed by atoms with Crippen molar-refractivity contribution >= 4 is 17.5 Å². The van der Waals surface area contributed by atoms with E-state index < -0.39 is 0 Å². The van der Waals surface area contributed by atoms with Crippen LogP contribution >= 0.6 is 11.8 Å². The third kappa shape index (κ3) is 1.71. The Hall–Kier alpha value is 0.0200. The van der Waals surface area contributed by atoms with Crippen molar-refractivity contribution in [3.8, 4) is 0 Å². The van der Waals surface area contributed by atoms with Gasteiger partial charge in [0.05, 0.1) is 0 Å². The Morgan fingerprint density at radius 1 is 1.00 bits per heavy atom.